The highest BCUT2D eigenvalue weighted by molar-refractivity contribution is 5.93. The van der Waals surface area contributed by atoms with Gasteiger partial charge in [0.25, 0.3) is 5.91 Å². The highest BCUT2D eigenvalue weighted by Crippen LogP contribution is 2.29. The first kappa shape index (κ1) is 21.1. The van der Waals surface area contributed by atoms with Crippen LogP contribution in [-0.2, 0) is 11.3 Å². The van der Waals surface area contributed by atoms with Crippen molar-refractivity contribution < 1.29 is 27.9 Å². The van der Waals surface area contributed by atoms with E-state index in [0.29, 0.717) is 17.8 Å². The van der Waals surface area contributed by atoms with Crippen molar-refractivity contribution in [2.75, 3.05) is 19.5 Å². The normalized spacial score (nSPS) is 12.8. The molecule has 0 fully saturated rings. The number of likely N-dealkylation sites (N-methyl/N-ethyl adjacent to an activating group) is 1. The molecule has 148 valence electrons. The van der Waals surface area contributed by atoms with Crippen molar-refractivity contribution in [3.05, 3.63) is 53.6 Å². The molecule has 0 aliphatic heterocycles. The summed E-state index contributed by atoms with van der Waals surface area (Å²) in [6.07, 6.45) is 0. The Hall–Kier alpha value is -3.18. The number of anilines is 1. The molecule has 8 heteroatoms. The topological polar surface area (TPSA) is 75.8 Å². The highest BCUT2D eigenvalue weighted by atomic mass is 19.3. The van der Waals surface area contributed by atoms with Crippen LogP contribution in [0.3, 0.4) is 0 Å². The molecular weight excluding hydrogens is 368 g/mol. The fourth-order valence-corrected chi connectivity index (χ4v) is 2.59. The van der Waals surface area contributed by atoms with Crippen molar-refractivity contribution in [1.29, 1.82) is 5.26 Å². The fourth-order valence-electron chi connectivity index (χ4n) is 2.59. The van der Waals surface area contributed by atoms with E-state index in [0.717, 1.165) is 10.5 Å². The molecule has 0 aliphatic carbocycles. The fraction of sp³-hybridized carbons (Fsp3) is 0.300. The number of carbonyl (C=O) groups is 1. The van der Waals surface area contributed by atoms with Crippen molar-refractivity contribution in [2.45, 2.75) is 26.1 Å². The van der Waals surface area contributed by atoms with E-state index in [1.807, 2.05) is 13.1 Å². The zero-order chi connectivity index (χ0) is 20.7. The predicted octanol–water partition coefficient (Wildman–Crippen LogP) is 2.21. The molecule has 0 aromatic heterocycles. The molecule has 0 radical (unpaired) electrons. The Morgan fingerprint density at radius 2 is 1.89 bits per heavy atom. The molecule has 0 aliphatic rings. The number of hydrogen-bond donors (Lipinski definition) is 2. The molecular formula is C20H22F2N3O3+. The summed E-state index contributed by atoms with van der Waals surface area (Å²) in [5.41, 5.74) is 1.94. The van der Waals surface area contributed by atoms with E-state index in [-0.39, 0.29) is 23.4 Å². The average molecular weight is 390 g/mol. The zero-order valence-electron chi connectivity index (χ0n) is 15.8. The summed E-state index contributed by atoms with van der Waals surface area (Å²) in [5, 5.41) is 11.6. The number of amides is 1. The summed E-state index contributed by atoms with van der Waals surface area (Å²) in [4.78, 5) is 13.4. The lowest BCUT2D eigenvalue weighted by Crippen LogP contribution is -3.12. The van der Waals surface area contributed by atoms with Gasteiger partial charge in [-0.05, 0) is 49.4 Å². The molecule has 28 heavy (non-hydrogen) atoms. The van der Waals surface area contributed by atoms with Crippen LogP contribution in [0.15, 0.2) is 42.5 Å². The third-order valence-electron chi connectivity index (χ3n) is 4.34. The number of methoxy groups -OCH3 is 1. The maximum Gasteiger partial charge on any atom is 0.387 e. The molecule has 6 nitrogen and oxygen atoms in total. The van der Waals surface area contributed by atoms with Gasteiger partial charge in [-0.15, -0.1) is 0 Å². The van der Waals surface area contributed by atoms with Gasteiger partial charge >= 0.3 is 6.61 Å². The maximum absolute atomic E-state index is 12.5. The third kappa shape index (κ3) is 5.66. The minimum atomic E-state index is -2.93. The largest absolute Gasteiger partial charge is 0.493 e. The van der Waals surface area contributed by atoms with Crippen LogP contribution in [0.4, 0.5) is 14.5 Å². The number of nitriles is 1. The van der Waals surface area contributed by atoms with E-state index in [2.05, 4.69) is 10.1 Å². The molecule has 2 rings (SSSR count). The van der Waals surface area contributed by atoms with Crippen LogP contribution in [0.2, 0.25) is 0 Å². The molecule has 0 bridgehead atoms. The predicted molar refractivity (Wildman–Crippen MR) is 99.5 cm³/mol. The lowest BCUT2D eigenvalue weighted by atomic mass is 10.1. The van der Waals surface area contributed by atoms with E-state index in [4.69, 9.17) is 10.00 Å². The Labute approximate surface area is 162 Å². The number of ether oxygens (including phenoxy) is 2. The van der Waals surface area contributed by atoms with Crippen molar-refractivity contribution in [1.82, 2.24) is 0 Å². The number of benzene rings is 2. The summed E-state index contributed by atoms with van der Waals surface area (Å²) in [6, 6.07) is 13.0. The highest BCUT2D eigenvalue weighted by Gasteiger charge is 2.22. The minimum Gasteiger partial charge on any atom is -0.493 e. The number of alkyl halides is 2. The number of rotatable bonds is 8. The molecule has 2 N–H and O–H groups in total. The lowest BCUT2D eigenvalue weighted by Gasteiger charge is -2.21. The molecule has 0 saturated heterocycles. The van der Waals surface area contributed by atoms with Crippen molar-refractivity contribution in [2.24, 2.45) is 0 Å². The van der Waals surface area contributed by atoms with Crippen LogP contribution < -0.4 is 19.7 Å². The van der Waals surface area contributed by atoms with Gasteiger partial charge in [0.1, 0.15) is 6.54 Å². The van der Waals surface area contributed by atoms with E-state index in [1.165, 1.54) is 13.2 Å². The number of halogens is 2. The van der Waals surface area contributed by atoms with Crippen LogP contribution >= 0.6 is 0 Å². The van der Waals surface area contributed by atoms with Crippen molar-refractivity contribution in [3.63, 3.8) is 0 Å². The Balaban J connectivity index is 2.01. The summed E-state index contributed by atoms with van der Waals surface area (Å²) in [6.45, 7) is -0.661. The van der Waals surface area contributed by atoms with Gasteiger partial charge in [0.05, 0.1) is 25.8 Å². The van der Waals surface area contributed by atoms with Gasteiger partial charge in [0.2, 0.25) is 0 Å². The van der Waals surface area contributed by atoms with Gasteiger partial charge in [-0.1, -0.05) is 0 Å². The summed E-state index contributed by atoms with van der Waals surface area (Å²) < 4.78 is 34.4. The van der Waals surface area contributed by atoms with E-state index in [1.54, 1.807) is 43.3 Å². The number of quaternary nitrogens is 1. The zero-order valence-corrected chi connectivity index (χ0v) is 15.8. The average Bonchev–Trinajstić information content (AvgIpc) is 2.68. The second kappa shape index (κ2) is 9.67. The Bertz CT molecular complexity index is 851. The first-order chi connectivity index (χ1) is 13.3. The first-order valence-electron chi connectivity index (χ1n) is 8.59. The van der Waals surface area contributed by atoms with Crippen LogP contribution in [0.5, 0.6) is 11.5 Å². The summed E-state index contributed by atoms with van der Waals surface area (Å²) in [5.74, 6) is -0.00220. The first-order valence-corrected chi connectivity index (χ1v) is 8.59. The maximum atomic E-state index is 12.5. The number of nitrogens with zero attached hydrogens (tertiary/aromatic N) is 1. The molecule has 1 unspecified atom stereocenters. The summed E-state index contributed by atoms with van der Waals surface area (Å²) >= 11 is 0. The minimum absolute atomic E-state index is 0.0366. The second-order valence-electron chi connectivity index (χ2n) is 6.29. The van der Waals surface area contributed by atoms with E-state index < -0.39 is 6.61 Å². The van der Waals surface area contributed by atoms with Gasteiger partial charge < -0.3 is 19.7 Å². The Morgan fingerprint density at radius 3 is 2.46 bits per heavy atom. The van der Waals surface area contributed by atoms with Gasteiger partial charge in [0.15, 0.2) is 17.5 Å². The summed E-state index contributed by atoms with van der Waals surface area (Å²) in [7, 11) is 3.24. The standard InChI is InChI=1S/C20H21F2N3O3/c1-13(19(26)24-16-7-4-14(11-23)5-8-16)25(2)12-15-6-9-17(28-20(21)22)18(10-15)27-3/h4-10,13,20H,12H2,1-3H3,(H,24,26)/p+1/t13-/m1/s1. The van der Waals surface area contributed by atoms with Crippen molar-refractivity contribution >= 4 is 11.6 Å². The number of carbonyl (C=O) groups excluding carboxylic acids is 1. The molecule has 2 aromatic rings. The molecule has 2 aromatic carbocycles. The van der Waals surface area contributed by atoms with Gasteiger partial charge in [0, 0.05) is 11.3 Å². The Morgan fingerprint density at radius 1 is 1.21 bits per heavy atom. The molecule has 0 spiro atoms. The van der Waals surface area contributed by atoms with E-state index in [9.17, 15) is 13.6 Å². The van der Waals surface area contributed by atoms with Crippen LogP contribution in [0, 0.1) is 11.3 Å². The number of hydrogen-bond acceptors (Lipinski definition) is 4. The van der Waals surface area contributed by atoms with Crippen LogP contribution in [-0.4, -0.2) is 32.7 Å². The molecule has 2 atom stereocenters. The third-order valence-corrected chi connectivity index (χ3v) is 4.34. The van der Waals surface area contributed by atoms with Crippen molar-refractivity contribution in [3.8, 4) is 17.6 Å². The SMILES string of the molecule is COc1cc(C[NH+](C)[C@H](C)C(=O)Nc2ccc(C#N)cc2)ccc1OC(F)F. The Kier molecular flexibility index (Phi) is 7.29. The lowest BCUT2D eigenvalue weighted by molar-refractivity contribution is -0.907. The quantitative estimate of drug-likeness (QED) is 0.725. The van der Waals surface area contributed by atoms with Crippen LogP contribution in [0.1, 0.15) is 18.1 Å². The number of nitrogens with one attached hydrogen (secondary N) is 2. The van der Waals surface area contributed by atoms with Gasteiger partial charge in [-0.3, -0.25) is 4.79 Å². The van der Waals surface area contributed by atoms with Gasteiger partial charge in [-0.2, -0.15) is 14.0 Å². The van der Waals surface area contributed by atoms with Crippen LogP contribution in [0.25, 0.3) is 0 Å². The van der Waals surface area contributed by atoms with E-state index >= 15 is 0 Å². The molecule has 0 heterocycles. The monoisotopic (exact) mass is 390 g/mol. The smallest absolute Gasteiger partial charge is 0.387 e. The second-order valence-corrected chi connectivity index (χ2v) is 6.29. The molecule has 1 amide bonds. The van der Waals surface area contributed by atoms with Gasteiger partial charge in [-0.25, -0.2) is 0 Å². The molecule has 0 saturated carbocycles.